The van der Waals surface area contributed by atoms with E-state index >= 15 is 0 Å². The fourth-order valence-electron chi connectivity index (χ4n) is 2.29. The fourth-order valence-corrected chi connectivity index (χ4v) is 2.29. The average Bonchev–Trinajstić information content (AvgIpc) is 2.78. The van der Waals surface area contributed by atoms with Crippen molar-refractivity contribution < 1.29 is 0 Å². The second-order valence-electron chi connectivity index (χ2n) is 4.74. The van der Waals surface area contributed by atoms with Crippen LogP contribution in [0.15, 0.2) is 36.4 Å². The van der Waals surface area contributed by atoms with Crippen LogP contribution in [0.2, 0.25) is 0 Å². The smallest absolute Gasteiger partial charge is 0.113 e. The number of para-hydroxylation sites is 2. The van der Waals surface area contributed by atoms with Crippen LogP contribution in [-0.2, 0) is 13.0 Å². The normalized spacial score (nSPS) is 11.7. The molecule has 0 radical (unpaired) electrons. The van der Waals surface area contributed by atoms with Crippen molar-refractivity contribution in [1.82, 2.24) is 14.9 Å². The number of aromatic nitrogens is 2. The molecule has 1 heterocycles. The third-order valence-electron chi connectivity index (χ3n) is 3.21. The van der Waals surface area contributed by atoms with Crippen molar-refractivity contribution in [3.63, 3.8) is 0 Å². The van der Waals surface area contributed by atoms with Crippen molar-refractivity contribution in [3.05, 3.63) is 42.2 Å². The van der Waals surface area contributed by atoms with Gasteiger partial charge in [-0.1, -0.05) is 31.2 Å². The lowest BCUT2D eigenvalue weighted by Gasteiger charge is -2.05. The Morgan fingerprint density at radius 3 is 2.89 bits per heavy atom. The Morgan fingerprint density at radius 2 is 2.11 bits per heavy atom. The van der Waals surface area contributed by atoms with E-state index in [4.69, 9.17) is 4.98 Å². The standard InChI is InChI=1S/C16H23N3/c1-3-13-19-15-10-7-6-9-14(15)18-16(19)11-5-4-8-12-17-2/h4-7,9-10,17H,3,8,11-13H2,1-2H3. The summed E-state index contributed by atoms with van der Waals surface area (Å²) < 4.78 is 2.34. The van der Waals surface area contributed by atoms with Crippen LogP contribution in [0, 0.1) is 0 Å². The largest absolute Gasteiger partial charge is 0.328 e. The number of nitrogens with zero attached hydrogens (tertiary/aromatic N) is 2. The summed E-state index contributed by atoms with van der Waals surface area (Å²) in [6.07, 6.45) is 7.58. The predicted octanol–water partition coefficient (Wildman–Crippen LogP) is 3.15. The maximum absolute atomic E-state index is 4.75. The van der Waals surface area contributed by atoms with Gasteiger partial charge in [-0.15, -0.1) is 0 Å². The molecule has 0 bridgehead atoms. The Morgan fingerprint density at radius 1 is 1.26 bits per heavy atom. The number of rotatable bonds is 7. The summed E-state index contributed by atoms with van der Waals surface area (Å²) in [6, 6.07) is 8.39. The third-order valence-corrected chi connectivity index (χ3v) is 3.21. The first-order valence-electron chi connectivity index (χ1n) is 7.10. The molecule has 0 fully saturated rings. The monoisotopic (exact) mass is 257 g/mol. The zero-order valence-electron chi connectivity index (χ0n) is 11.9. The van der Waals surface area contributed by atoms with E-state index < -0.39 is 0 Å². The van der Waals surface area contributed by atoms with Crippen molar-refractivity contribution >= 4 is 11.0 Å². The molecule has 2 aromatic rings. The molecule has 0 unspecified atom stereocenters. The van der Waals surface area contributed by atoms with E-state index in [-0.39, 0.29) is 0 Å². The zero-order chi connectivity index (χ0) is 13.5. The molecule has 3 nitrogen and oxygen atoms in total. The molecule has 19 heavy (non-hydrogen) atoms. The maximum atomic E-state index is 4.75. The van der Waals surface area contributed by atoms with Gasteiger partial charge < -0.3 is 9.88 Å². The van der Waals surface area contributed by atoms with Gasteiger partial charge in [-0.2, -0.15) is 0 Å². The minimum absolute atomic E-state index is 0.915. The number of hydrogen-bond acceptors (Lipinski definition) is 2. The Kier molecular flexibility index (Phi) is 5.16. The van der Waals surface area contributed by atoms with Crippen LogP contribution >= 0.6 is 0 Å². The molecule has 1 N–H and O–H groups in total. The van der Waals surface area contributed by atoms with Gasteiger partial charge in [-0.3, -0.25) is 0 Å². The lowest BCUT2D eigenvalue weighted by molar-refractivity contribution is 0.666. The van der Waals surface area contributed by atoms with E-state index in [0.717, 1.165) is 37.9 Å². The van der Waals surface area contributed by atoms with Gasteiger partial charge in [0.25, 0.3) is 0 Å². The van der Waals surface area contributed by atoms with Crippen LogP contribution in [0.4, 0.5) is 0 Å². The molecule has 0 aliphatic carbocycles. The summed E-state index contributed by atoms with van der Waals surface area (Å²) >= 11 is 0. The van der Waals surface area contributed by atoms with Gasteiger partial charge in [0.05, 0.1) is 11.0 Å². The number of imidazole rings is 1. The van der Waals surface area contributed by atoms with Crippen LogP contribution < -0.4 is 5.32 Å². The van der Waals surface area contributed by atoms with Crippen molar-refractivity contribution in [1.29, 1.82) is 0 Å². The van der Waals surface area contributed by atoms with E-state index in [9.17, 15) is 0 Å². The fraction of sp³-hybridized carbons (Fsp3) is 0.438. The first-order chi connectivity index (χ1) is 9.36. The van der Waals surface area contributed by atoms with E-state index in [0.29, 0.717) is 0 Å². The number of allylic oxidation sites excluding steroid dienone is 1. The van der Waals surface area contributed by atoms with Crippen molar-refractivity contribution in [2.24, 2.45) is 0 Å². The van der Waals surface area contributed by atoms with Gasteiger partial charge in [0, 0.05) is 13.0 Å². The molecule has 1 aromatic carbocycles. The second kappa shape index (κ2) is 7.10. The summed E-state index contributed by atoms with van der Waals surface area (Å²) in [5.74, 6) is 1.17. The first-order valence-corrected chi connectivity index (χ1v) is 7.10. The summed E-state index contributed by atoms with van der Waals surface area (Å²) in [7, 11) is 1.98. The Hall–Kier alpha value is -1.61. The van der Waals surface area contributed by atoms with Gasteiger partial charge in [-0.25, -0.2) is 4.98 Å². The molecular formula is C16H23N3. The molecular weight excluding hydrogens is 234 g/mol. The molecule has 0 aliphatic rings. The quantitative estimate of drug-likeness (QED) is 0.610. The third kappa shape index (κ3) is 3.44. The highest BCUT2D eigenvalue weighted by Crippen LogP contribution is 2.17. The van der Waals surface area contributed by atoms with Gasteiger partial charge in [0.1, 0.15) is 5.82 Å². The van der Waals surface area contributed by atoms with E-state index in [1.807, 2.05) is 7.05 Å². The first kappa shape index (κ1) is 13.8. The minimum Gasteiger partial charge on any atom is -0.328 e. The van der Waals surface area contributed by atoms with Crippen LogP contribution in [-0.4, -0.2) is 23.1 Å². The number of fused-ring (bicyclic) bond motifs is 1. The van der Waals surface area contributed by atoms with Gasteiger partial charge in [-0.05, 0) is 38.6 Å². The van der Waals surface area contributed by atoms with Crippen molar-refractivity contribution in [3.8, 4) is 0 Å². The number of nitrogens with one attached hydrogen (secondary N) is 1. The predicted molar refractivity (Wildman–Crippen MR) is 81.4 cm³/mol. The topological polar surface area (TPSA) is 29.9 Å². The minimum atomic E-state index is 0.915. The second-order valence-corrected chi connectivity index (χ2v) is 4.74. The Balaban J connectivity index is 2.16. The molecule has 1 aromatic heterocycles. The molecule has 2 rings (SSSR count). The molecule has 102 valence electrons. The zero-order valence-corrected chi connectivity index (χ0v) is 11.9. The molecule has 0 spiro atoms. The summed E-state index contributed by atoms with van der Waals surface area (Å²) in [5.41, 5.74) is 2.36. The van der Waals surface area contributed by atoms with E-state index in [1.165, 1.54) is 11.3 Å². The van der Waals surface area contributed by atoms with E-state index in [2.05, 4.69) is 53.2 Å². The average molecular weight is 257 g/mol. The maximum Gasteiger partial charge on any atom is 0.113 e. The lowest BCUT2D eigenvalue weighted by atomic mass is 10.3. The summed E-state index contributed by atoms with van der Waals surface area (Å²) in [6.45, 7) is 4.28. The summed E-state index contributed by atoms with van der Waals surface area (Å²) in [4.78, 5) is 4.75. The molecule has 0 atom stereocenters. The highest BCUT2D eigenvalue weighted by atomic mass is 15.1. The van der Waals surface area contributed by atoms with Crippen molar-refractivity contribution in [2.45, 2.75) is 32.7 Å². The van der Waals surface area contributed by atoms with Gasteiger partial charge in [0.15, 0.2) is 0 Å². The Bertz CT molecular complexity index is 540. The van der Waals surface area contributed by atoms with Gasteiger partial charge in [0.2, 0.25) is 0 Å². The van der Waals surface area contributed by atoms with Crippen LogP contribution in [0.25, 0.3) is 11.0 Å². The number of aryl methyl sites for hydroxylation is 1. The molecule has 3 heteroatoms. The van der Waals surface area contributed by atoms with Crippen LogP contribution in [0.1, 0.15) is 25.6 Å². The SMILES string of the molecule is CCCn1c(CC=CCCNC)nc2ccccc21. The molecule has 0 saturated heterocycles. The summed E-state index contributed by atoms with van der Waals surface area (Å²) in [5, 5.41) is 3.15. The molecule has 0 amide bonds. The number of benzene rings is 1. The number of hydrogen-bond donors (Lipinski definition) is 1. The molecule has 0 saturated carbocycles. The van der Waals surface area contributed by atoms with Crippen molar-refractivity contribution in [2.75, 3.05) is 13.6 Å². The van der Waals surface area contributed by atoms with Crippen LogP contribution in [0.5, 0.6) is 0 Å². The van der Waals surface area contributed by atoms with Crippen LogP contribution in [0.3, 0.4) is 0 Å². The van der Waals surface area contributed by atoms with E-state index in [1.54, 1.807) is 0 Å². The highest BCUT2D eigenvalue weighted by molar-refractivity contribution is 5.75. The molecule has 0 aliphatic heterocycles. The van der Waals surface area contributed by atoms with Gasteiger partial charge >= 0.3 is 0 Å². The highest BCUT2D eigenvalue weighted by Gasteiger charge is 2.07. The Labute approximate surface area is 115 Å². The lowest BCUT2D eigenvalue weighted by Crippen LogP contribution is -2.06.